The molecule has 154 valence electrons. The molecule has 1 fully saturated rings. The van der Waals surface area contributed by atoms with Crippen molar-refractivity contribution in [1.82, 2.24) is 15.2 Å². The Labute approximate surface area is 192 Å². The maximum absolute atomic E-state index is 5.59. The van der Waals surface area contributed by atoms with Crippen LogP contribution in [-0.4, -0.2) is 43.1 Å². The fraction of sp³-hybridized carbons (Fsp3) is 0.333. The molecule has 1 atom stereocenters. The number of benzene rings is 1. The van der Waals surface area contributed by atoms with Gasteiger partial charge < -0.3 is 19.4 Å². The molecule has 0 saturated carbocycles. The number of likely N-dealkylation sites (tertiary alicyclic amines) is 1. The van der Waals surface area contributed by atoms with Gasteiger partial charge in [0.2, 0.25) is 5.89 Å². The van der Waals surface area contributed by atoms with Crippen molar-refractivity contribution in [2.75, 3.05) is 27.2 Å². The van der Waals surface area contributed by atoms with Crippen LogP contribution in [0.25, 0.3) is 10.8 Å². The van der Waals surface area contributed by atoms with E-state index in [2.05, 4.69) is 32.3 Å². The van der Waals surface area contributed by atoms with Crippen molar-refractivity contribution in [3.8, 4) is 16.5 Å². The summed E-state index contributed by atoms with van der Waals surface area (Å²) in [7, 11) is 3.52. The molecule has 8 heteroatoms. The number of rotatable bonds is 5. The summed E-state index contributed by atoms with van der Waals surface area (Å²) in [5.41, 5.74) is 2.21. The summed E-state index contributed by atoms with van der Waals surface area (Å²) >= 11 is 1.62. The number of aliphatic imine (C=N–C) groups is 1. The van der Waals surface area contributed by atoms with Gasteiger partial charge in [0.1, 0.15) is 12.0 Å². The first-order valence-electron chi connectivity index (χ1n) is 9.34. The third-order valence-electron chi connectivity index (χ3n) is 5.00. The molecule has 1 unspecified atom stereocenters. The molecule has 0 radical (unpaired) electrons. The number of guanidine groups is 1. The highest BCUT2D eigenvalue weighted by atomic mass is 127. The Morgan fingerprint density at radius 3 is 2.86 bits per heavy atom. The zero-order valence-corrected chi connectivity index (χ0v) is 19.6. The number of ether oxygens (including phenoxy) is 1. The minimum absolute atomic E-state index is 0. The smallest absolute Gasteiger partial charge is 0.236 e. The predicted octanol–water partition coefficient (Wildman–Crippen LogP) is 4.59. The fourth-order valence-electron chi connectivity index (χ4n) is 3.50. The third kappa shape index (κ3) is 5.11. The summed E-state index contributed by atoms with van der Waals surface area (Å²) in [5.74, 6) is 2.96. The second-order valence-electron chi connectivity index (χ2n) is 6.73. The van der Waals surface area contributed by atoms with Crippen molar-refractivity contribution in [1.29, 1.82) is 0 Å². The Kier molecular flexibility index (Phi) is 7.54. The molecule has 2 aromatic heterocycles. The first kappa shape index (κ1) is 21.6. The fourth-order valence-corrected chi connectivity index (χ4v) is 4.16. The number of aromatic nitrogens is 1. The maximum Gasteiger partial charge on any atom is 0.236 e. The van der Waals surface area contributed by atoms with Gasteiger partial charge in [-0.25, -0.2) is 4.98 Å². The van der Waals surface area contributed by atoms with Gasteiger partial charge in [0.15, 0.2) is 5.96 Å². The van der Waals surface area contributed by atoms with Crippen LogP contribution in [0, 0.1) is 0 Å². The van der Waals surface area contributed by atoms with Crippen LogP contribution in [-0.2, 0) is 6.54 Å². The highest BCUT2D eigenvalue weighted by Crippen LogP contribution is 2.28. The molecule has 3 heterocycles. The SMILES string of the molecule is CN=C(NCc1coc(-c2cccs2)n1)N1CCC(c2ccc(OC)cc2)C1.I. The van der Waals surface area contributed by atoms with Gasteiger partial charge in [-0.2, -0.15) is 0 Å². The normalized spacial score (nSPS) is 16.6. The van der Waals surface area contributed by atoms with E-state index < -0.39 is 0 Å². The van der Waals surface area contributed by atoms with E-state index in [1.165, 1.54) is 5.56 Å². The monoisotopic (exact) mass is 524 g/mol. The van der Waals surface area contributed by atoms with Gasteiger partial charge in [0.25, 0.3) is 0 Å². The summed E-state index contributed by atoms with van der Waals surface area (Å²) in [6, 6.07) is 12.4. The third-order valence-corrected chi connectivity index (χ3v) is 5.86. The molecule has 1 aliphatic rings. The molecule has 0 spiro atoms. The van der Waals surface area contributed by atoms with Gasteiger partial charge in [0.05, 0.1) is 24.2 Å². The second-order valence-corrected chi connectivity index (χ2v) is 7.67. The van der Waals surface area contributed by atoms with Crippen molar-refractivity contribution in [3.05, 3.63) is 59.3 Å². The van der Waals surface area contributed by atoms with E-state index in [1.54, 1.807) is 24.7 Å². The van der Waals surface area contributed by atoms with E-state index in [4.69, 9.17) is 9.15 Å². The van der Waals surface area contributed by atoms with E-state index >= 15 is 0 Å². The minimum Gasteiger partial charge on any atom is -0.497 e. The lowest BCUT2D eigenvalue weighted by Gasteiger charge is -2.21. The van der Waals surface area contributed by atoms with E-state index in [1.807, 2.05) is 36.7 Å². The molecule has 29 heavy (non-hydrogen) atoms. The van der Waals surface area contributed by atoms with Gasteiger partial charge in [-0.1, -0.05) is 18.2 Å². The van der Waals surface area contributed by atoms with Crippen LogP contribution in [0.4, 0.5) is 0 Å². The van der Waals surface area contributed by atoms with Gasteiger partial charge in [-0.05, 0) is 35.6 Å². The molecule has 6 nitrogen and oxygen atoms in total. The van der Waals surface area contributed by atoms with Gasteiger partial charge >= 0.3 is 0 Å². The van der Waals surface area contributed by atoms with Crippen LogP contribution in [0.5, 0.6) is 5.75 Å². The summed E-state index contributed by atoms with van der Waals surface area (Å²) in [5, 5.41) is 5.43. The average molecular weight is 524 g/mol. The van der Waals surface area contributed by atoms with Crippen molar-refractivity contribution in [2.24, 2.45) is 4.99 Å². The quantitative estimate of drug-likeness (QED) is 0.301. The Bertz CT molecular complexity index is 925. The van der Waals surface area contributed by atoms with Crippen LogP contribution in [0.1, 0.15) is 23.6 Å². The molecular formula is C21H25IN4O2S. The average Bonchev–Trinajstić information content (AvgIpc) is 3.49. The summed E-state index contributed by atoms with van der Waals surface area (Å²) < 4.78 is 10.8. The zero-order valence-electron chi connectivity index (χ0n) is 16.5. The molecule has 1 aliphatic heterocycles. The van der Waals surface area contributed by atoms with Crippen molar-refractivity contribution < 1.29 is 9.15 Å². The molecule has 1 saturated heterocycles. The lowest BCUT2D eigenvalue weighted by Crippen LogP contribution is -2.39. The number of oxazole rings is 1. The first-order valence-corrected chi connectivity index (χ1v) is 10.2. The lowest BCUT2D eigenvalue weighted by molar-refractivity contribution is 0.414. The Morgan fingerprint density at radius 2 is 2.17 bits per heavy atom. The van der Waals surface area contributed by atoms with Crippen LogP contribution >= 0.6 is 35.3 Å². The lowest BCUT2D eigenvalue weighted by atomic mass is 9.98. The number of hydrogen-bond donors (Lipinski definition) is 1. The van der Waals surface area contributed by atoms with Gasteiger partial charge in [-0.15, -0.1) is 35.3 Å². The van der Waals surface area contributed by atoms with Gasteiger partial charge in [0, 0.05) is 26.1 Å². The maximum atomic E-state index is 5.59. The molecule has 0 aliphatic carbocycles. The second kappa shape index (κ2) is 10.1. The molecule has 0 amide bonds. The summed E-state index contributed by atoms with van der Waals surface area (Å²) in [4.78, 5) is 12.4. The summed E-state index contributed by atoms with van der Waals surface area (Å²) in [6.45, 7) is 2.52. The van der Waals surface area contributed by atoms with Crippen LogP contribution in [0.2, 0.25) is 0 Å². The van der Waals surface area contributed by atoms with Crippen molar-refractivity contribution in [3.63, 3.8) is 0 Å². The van der Waals surface area contributed by atoms with Gasteiger partial charge in [-0.3, -0.25) is 4.99 Å². The molecule has 1 N–H and O–H groups in total. The predicted molar refractivity (Wildman–Crippen MR) is 127 cm³/mol. The number of halogens is 1. The first-order chi connectivity index (χ1) is 13.8. The van der Waals surface area contributed by atoms with E-state index in [0.29, 0.717) is 18.4 Å². The van der Waals surface area contributed by atoms with E-state index in [-0.39, 0.29) is 24.0 Å². The summed E-state index contributed by atoms with van der Waals surface area (Å²) in [6.07, 6.45) is 2.82. The van der Waals surface area contributed by atoms with Crippen LogP contribution < -0.4 is 10.1 Å². The molecule has 3 aromatic rings. The Balaban J connectivity index is 0.00000240. The highest BCUT2D eigenvalue weighted by molar-refractivity contribution is 14.0. The van der Waals surface area contributed by atoms with Crippen LogP contribution in [0.15, 0.2) is 57.5 Å². The number of thiophene rings is 1. The van der Waals surface area contributed by atoms with Crippen LogP contribution in [0.3, 0.4) is 0 Å². The molecular weight excluding hydrogens is 499 g/mol. The number of nitrogens with one attached hydrogen (secondary N) is 1. The highest BCUT2D eigenvalue weighted by Gasteiger charge is 2.26. The number of nitrogens with zero attached hydrogens (tertiary/aromatic N) is 3. The van der Waals surface area contributed by atoms with Crippen molar-refractivity contribution >= 4 is 41.3 Å². The standard InChI is InChI=1S/C21H24N4O2S.HI/c1-22-21(23-12-17-14-27-20(24-17)19-4-3-11-28-19)25-10-9-16(13-25)15-5-7-18(26-2)8-6-15;/h3-8,11,14,16H,9-10,12-13H2,1-2H3,(H,22,23);1H. The Hall–Kier alpha value is -2.07. The largest absolute Gasteiger partial charge is 0.497 e. The Morgan fingerprint density at radius 1 is 1.34 bits per heavy atom. The molecule has 4 rings (SSSR count). The van der Waals surface area contributed by atoms with E-state index in [9.17, 15) is 0 Å². The minimum atomic E-state index is 0. The topological polar surface area (TPSA) is 62.9 Å². The van der Waals surface area contributed by atoms with E-state index in [0.717, 1.165) is 41.8 Å². The van der Waals surface area contributed by atoms with Crippen molar-refractivity contribution in [2.45, 2.75) is 18.9 Å². The molecule has 1 aromatic carbocycles. The number of methoxy groups -OCH3 is 1. The zero-order chi connectivity index (χ0) is 19.3. The molecule has 0 bridgehead atoms. The number of hydrogen-bond acceptors (Lipinski definition) is 5.